The molecule has 5 heteroatoms. The summed E-state index contributed by atoms with van der Waals surface area (Å²) in [5.74, 6) is 0.276. The Kier molecular flexibility index (Phi) is 6.32. The van der Waals surface area contributed by atoms with Gasteiger partial charge < -0.3 is 15.5 Å². The Balaban J connectivity index is 1.42. The number of nitrogens with zero attached hydrogens (tertiary/aromatic N) is 3. The molecule has 1 aromatic rings. The van der Waals surface area contributed by atoms with Gasteiger partial charge in [-0.1, -0.05) is 18.6 Å². The van der Waals surface area contributed by atoms with E-state index in [2.05, 4.69) is 41.0 Å². The summed E-state index contributed by atoms with van der Waals surface area (Å²) in [6, 6.07) is 8.86. The van der Waals surface area contributed by atoms with E-state index in [1.54, 1.807) is 0 Å². The van der Waals surface area contributed by atoms with Crippen LogP contribution in [0.15, 0.2) is 24.3 Å². The molecule has 1 amide bonds. The maximum atomic E-state index is 12.5. The van der Waals surface area contributed by atoms with Crippen molar-refractivity contribution < 1.29 is 4.79 Å². The van der Waals surface area contributed by atoms with Crippen LogP contribution in [0.1, 0.15) is 31.2 Å². The van der Waals surface area contributed by atoms with Crippen LogP contribution in [0.5, 0.6) is 0 Å². The molecule has 5 nitrogen and oxygen atoms in total. The van der Waals surface area contributed by atoms with E-state index in [1.165, 1.54) is 11.3 Å². The highest BCUT2D eigenvalue weighted by Gasteiger charge is 2.22. The van der Waals surface area contributed by atoms with Gasteiger partial charge in [0.25, 0.3) is 0 Å². The Labute approximate surface area is 151 Å². The van der Waals surface area contributed by atoms with Gasteiger partial charge in [-0.25, -0.2) is 0 Å². The van der Waals surface area contributed by atoms with Gasteiger partial charge in [0.05, 0.1) is 0 Å². The fraction of sp³-hybridized carbons (Fsp3) is 0.650. The van der Waals surface area contributed by atoms with E-state index >= 15 is 0 Å². The molecule has 1 aromatic carbocycles. The second kappa shape index (κ2) is 8.68. The summed E-state index contributed by atoms with van der Waals surface area (Å²) >= 11 is 0. The highest BCUT2D eigenvalue weighted by molar-refractivity contribution is 5.76. The van der Waals surface area contributed by atoms with Crippen molar-refractivity contribution in [2.75, 3.05) is 50.7 Å². The topological polar surface area (TPSA) is 52.8 Å². The van der Waals surface area contributed by atoms with E-state index in [9.17, 15) is 4.79 Å². The molecule has 0 radical (unpaired) electrons. The Morgan fingerprint density at radius 3 is 2.72 bits per heavy atom. The van der Waals surface area contributed by atoms with Gasteiger partial charge in [0.1, 0.15) is 0 Å². The summed E-state index contributed by atoms with van der Waals surface area (Å²) < 4.78 is 0. The molecular weight excluding hydrogens is 312 g/mol. The van der Waals surface area contributed by atoms with Crippen molar-refractivity contribution in [3.63, 3.8) is 0 Å². The van der Waals surface area contributed by atoms with Crippen molar-refractivity contribution in [3.8, 4) is 0 Å². The van der Waals surface area contributed by atoms with E-state index in [0.29, 0.717) is 6.42 Å². The number of aryl methyl sites for hydroxylation is 1. The maximum absolute atomic E-state index is 12.5. The van der Waals surface area contributed by atoms with Gasteiger partial charge in [0, 0.05) is 64.0 Å². The van der Waals surface area contributed by atoms with E-state index in [-0.39, 0.29) is 11.9 Å². The second-order valence-corrected chi connectivity index (χ2v) is 7.51. The molecule has 2 N–H and O–H groups in total. The number of carbonyl (C=O) groups excluding carboxylic acids is 1. The third-order valence-electron chi connectivity index (χ3n) is 5.44. The lowest BCUT2D eigenvalue weighted by Gasteiger charge is -2.36. The number of amides is 1. The lowest BCUT2D eigenvalue weighted by molar-refractivity contribution is -0.131. The van der Waals surface area contributed by atoms with E-state index in [4.69, 9.17) is 5.73 Å². The first kappa shape index (κ1) is 18.2. The molecule has 2 saturated heterocycles. The van der Waals surface area contributed by atoms with E-state index < -0.39 is 0 Å². The van der Waals surface area contributed by atoms with Gasteiger partial charge in [-0.2, -0.15) is 0 Å². The summed E-state index contributed by atoms with van der Waals surface area (Å²) in [6.45, 7) is 8.75. The number of benzene rings is 1. The highest BCUT2D eigenvalue weighted by Crippen LogP contribution is 2.18. The van der Waals surface area contributed by atoms with Crippen LogP contribution in [0.25, 0.3) is 0 Å². The number of carbonyl (C=O) groups is 1. The molecule has 2 fully saturated rings. The Hall–Kier alpha value is -1.59. The summed E-state index contributed by atoms with van der Waals surface area (Å²) in [5, 5.41) is 0. The smallest absolute Gasteiger partial charge is 0.223 e. The molecule has 3 rings (SSSR count). The molecule has 2 aliphatic rings. The first-order valence-electron chi connectivity index (χ1n) is 9.69. The predicted octanol–water partition coefficient (Wildman–Crippen LogP) is 1.85. The minimum atomic E-state index is 0.157. The SMILES string of the molecule is Cc1cccc(N2CCN(CCC(=O)N3CCCC[C@H](N)C3)CC2)c1. The molecule has 0 bridgehead atoms. The molecule has 2 aliphatic heterocycles. The van der Waals surface area contributed by atoms with Gasteiger partial charge in [-0.05, 0) is 37.5 Å². The summed E-state index contributed by atoms with van der Waals surface area (Å²) in [7, 11) is 0. The number of hydrogen-bond acceptors (Lipinski definition) is 4. The van der Waals surface area contributed by atoms with Crippen molar-refractivity contribution in [3.05, 3.63) is 29.8 Å². The van der Waals surface area contributed by atoms with Gasteiger partial charge >= 0.3 is 0 Å². The number of nitrogens with two attached hydrogens (primary N) is 1. The van der Waals surface area contributed by atoms with Crippen molar-refractivity contribution in [1.82, 2.24) is 9.80 Å². The van der Waals surface area contributed by atoms with Gasteiger partial charge in [-0.15, -0.1) is 0 Å². The number of anilines is 1. The summed E-state index contributed by atoms with van der Waals surface area (Å²) in [4.78, 5) is 19.3. The third kappa shape index (κ3) is 5.19. The van der Waals surface area contributed by atoms with Gasteiger partial charge in [0.2, 0.25) is 5.91 Å². The standard InChI is InChI=1S/C20H32N4O/c1-17-5-4-7-19(15-17)23-13-11-22(12-14-23)10-8-20(25)24-9-3-2-6-18(21)16-24/h4-5,7,15,18H,2-3,6,8-14,16,21H2,1H3/t18-/m0/s1. The molecule has 0 unspecified atom stereocenters. The van der Waals surface area contributed by atoms with E-state index in [1.807, 2.05) is 4.90 Å². The van der Waals surface area contributed by atoms with Crippen molar-refractivity contribution >= 4 is 11.6 Å². The van der Waals surface area contributed by atoms with Gasteiger partial charge in [0.15, 0.2) is 0 Å². The minimum Gasteiger partial charge on any atom is -0.369 e. The van der Waals surface area contributed by atoms with Crippen LogP contribution < -0.4 is 10.6 Å². The first-order chi connectivity index (χ1) is 12.1. The fourth-order valence-electron chi connectivity index (χ4n) is 3.87. The Morgan fingerprint density at radius 2 is 1.96 bits per heavy atom. The van der Waals surface area contributed by atoms with Crippen LogP contribution >= 0.6 is 0 Å². The largest absolute Gasteiger partial charge is 0.369 e. The first-order valence-corrected chi connectivity index (χ1v) is 9.69. The molecule has 138 valence electrons. The Bertz CT molecular complexity index is 569. The normalized spacial score (nSPS) is 22.7. The third-order valence-corrected chi connectivity index (χ3v) is 5.44. The molecule has 0 aromatic heterocycles. The van der Waals surface area contributed by atoms with Crippen LogP contribution in [0.4, 0.5) is 5.69 Å². The molecule has 0 aliphatic carbocycles. The maximum Gasteiger partial charge on any atom is 0.223 e. The van der Waals surface area contributed by atoms with Crippen LogP contribution in [0, 0.1) is 6.92 Å². The molecule has 2 heterocycles. The van der Waals surface area contributed by atoms with Crippen molar-refractivity contribution in [2.24, 2.45) is 5.73 Å². The minimum absolute atomic E-state index is 0.157. The van der Waals surface area contributed by atoms with Crippen LogP contribution in [0.2, 0.25) is 0 Å². The van der Waals surface area contributed by atoms with Crippen molar-refractivity contribution in [1.29, 1.82) is 0 Å². The average Bonchev–Trinajstić information content (AvgIpc) is 2.85. The summed E-state index contributed by atoms with van der Waals surface area (Å²) in [5.41, 5.74) is 8.69. The quantitative estimate of drug-likeness (QED) is 0.906. The van der Waals surface area contributed by atoms with Crippen LogP contribution in [0.3, 0.4) is 0 Å². The molecule has 0 saturated carbocycles. The number of rotatable bonds is 4. The highest BCUT2D eigenvalue weighted by atomic mass is 16.2. The lowest BCUT2D eigenvalue weighted by Crippen LogP contribution is -2.48. The summed E-state index contributed by atoms with van der Waals surface area (Å²) in [6.07, 6.45) is 3.91. The monoisotopic (exact) mass is 344 g/mol. The van der Waals surface area contributed by atoms with Crippen LogP contribution in [-0.2, 0) is 4.79 Å². The number of likely N-dealkylation sites (tertiary alicyclic amines) is 1. The predicted molar refractivity (Wildman–Crippen MR) is 103 cm³/mol. The van der Waals surface area contributed by atoms with E-state index in [0.717, 1.165) is 65.1 Å². The van der Waals surface area contributed by atoms with Crippen LogP contribution in [-0.4, -0.2) is 67.6 Å². The van der Waals surface area contributed by atoms with Crippen molar-refractivity contribution in [2.45, 2.75) is 38.6 Å². The zero-order valence-electron chi connectivity index (χ0n) is 15.5. The zero-order valence-corrected chi connectivity index (χ0v) is 15.5. The fourth-order valence-corrected chi connectivity index (χ4v) is 3.87. The molecular formula is C20H32N4O. The zero-order chi connectivity index (χ0) is 17.6. The molecule has 0 spiro atoms. The Morgan fingerprint density at radius 1 is 1.16 bits per heavy atom. The average molecular weight is 345 g/mol. The van der Waals surface area contributed by atoms with Gasteiger partial charge in [-0.3, -0.25) is 9.69 Å². The molecule has 25 heavy (non-hydrogen) atoms. The lowest BCUT2D eigenvalue weighted by atomic mass is 10.1. The molecule has 1 atom stereocenters. The second-order valence-electron chi connectivity index (χ2n) is 7.51. The number of piperazine rings is 1. The number of hydrogen-bond donors (Lipinski definition) is 1.